The second-order valence-corrected chi connectivity index (χ2v) is 5.41. The van der Waals surface area contributed by atoms with Gasteiger partial charge in [0.25, 0.3) is 0 Å². The monoisotopic (exact) mass is 315 g/mol. The lowest BCUT2D eigenvalue weighted by molar-refractivity contribution is 0.144. The Labute approximate surface area is 132 Å². The molecular weight excluding hydrogens is 290 g/mol. The van der Waals surface area contributed by atoms with Crippen LogP contribution in [0.3, 0.4) is 0 Å². The van der Waals surface area contributed by atoms with Crippen LogP contribution in [0.1, 0.15) is 32.8 Å². The van der Waals surface area contributed by atoms with Gasteiger partial charge in [0.15, 0.2) is 11.5 Å². The zero-order chi connectivity index (χ0) is 15.7. The minimum atomic E-state index is 0.0546. The number of ether oxygens (including phenoxy) is 3. The maximum Gasteiger partial charge on any atom is 0.180 e. The van der Waals surface area contributed by atoms with Gasteiger partial charge >= 0.3 is 0 Å². The Morgan fingerprint density at radius 1 is 1.29 bits per heavy atom. The molecule has 0 radical (unpaired) electrons. The molecule has 0 bridgehead atoms. The topological polar surface area (TPSA) is 39.7 Å². The number of rotatable bonds is 10. The fourth-order valence-corrected chi connectivity index (χ4v) is 2.18. The number of hydrogen-bond donors (Lipinski definition) is 1. The van der Waals surface area contributed by atoms with Crippen molar-refractivity contribution >= 4 is 11.6 Å². The van der Waals surface area contributed by atoms with Crippen molar-refractivity contribution in [2.45, 2.75) is 39.8 Å². The Bertz CT molecular complexity index is 424. The van der Waals surface area contributed by atoms with Gasteiger partial charge in [0.1, 0.15) is 0 Å². The molecule has 120 valence electrons. The predicted molar refractivity (Wildman–Crippen MR) is 86.6 cm³/mol. The molecular formula is C16H26ClNO3. The molecule has 0 heterocycles. The van der Waals surface area contributed by atoms with Gasteiger partial charge in [0.2, 0.25) is 0 Å². The Hall–Kier alpha value is -0.970. The summed E-state index contributed by atoms with van der Waals surface area (Å²) < 4.78 is 16.4. The van der Waals surface area contributed by atoms with Crippen LogP contribution < -0.4 is 14.8 Å². The van der Waals surface area contributed by atoms with Crippen LogP contribution in [0.4, 0.5) is 0 Å². The van der Waals surface area contributed by atoms with Gasteiger partial charge < -0.3 is 19.5 Å². The van der Waals surface area contributed by atoms with E-state index in [4.69, 9.17) is 25.8 Å². The molecule has 0 aliphatic heterocycles. The van der Waals surface area contributed by atoms with Gasteiger partial charge in [-0.15, -0.1) is 0 Å². The van der Waals surface area contributed by atoms with E-state index < -0.39 is 0 Å². The number of methoxy groups -OCH3 is 1. The summed E-state index contributed by atoms with van der Waals surface area (Å²) in [5, 5.41) is 3.94. The standard InChI is InChI=1S/C16H26ClNO3/c1-5-20-8-6-7-18-11-13-9-14(17)16(21-12(2)3)15(10-13)19-4/h9-10,12,18H,5-8,11H2,1-4H3. The molecule has 21 heavy (non-hydrogen) atoms. The van der Waals surface area contributed by atoms with Gasteiger partial charge in [-0.3, -0.25) is 0 Å². The highest BCUT2D eigenvalue weighted by molar-refractivity contribution is 6.32. The Kier molecular flexibility index (Phi) is 8.50. The van der Waals surface area contributed by atoms with Crippen molar-refractivity contribution in [1.29, 1.82) is 0 Å². The van der Waals surface area contributed by atoms with E-state index in [1.165, 1.54) is 0 Å². The average molecular weight is 316 g/mol. The Morgan fingerprint density at radius 3 is 2.67 bits per heavy atom. The third-order valence-corrected chi connectivity index (χ3v) is 3.10. The van der Waals surface area contributed by atoms with Gasteiger partial charge in [-0.05, 0) is 51.4 Å². The summed E-state index contributed by atoms with van der Waals surface area (Å²) in [7, 11) is 1.62. The maximum atomic E-state index is 6.29. The summed E-state index contributed by atoms with van der Waals surface area (Å²) in [4.78, 5) is 0. The molecule has 0 aromatic heterocycles. The molecule has 1 rings (SSSR count). The van der Waals surface area contributed by atoms with Gasteiger partial charge in [0, 0.05) is 19.8 Å². The van der Waals surface area contributed by atoms with Crippen LogP contribution in [0.5, 0.6) is 11.5 Å². The van der Waals surface area contributed by atoms with Crippen LogP contribution in [0.15, 0.2) is 12.1 Å². The molecule has 0 aliphatic carbocycles. The molecule has 0 saturated carbocycles. The van der Waals surface area contributed by atoms with Crippen molar-refractivity contribution in [3.05, 3.63) is 22.7 Å². The summed E-state index contributed by atoms with van der Waals surface area (Å²) in [6.07, 6.45) is 1.05. The first-order valence-electron chi connectivity index (χ1n) is 7.40. The summed E-state index contributed by atoms with van der Waals surface area (Å²) >= 11 is 6.29. The van der Waals surface area contributed by atoms with Gasteiger partial charge in [0.05, 0.1) is 18.2 Å². The minimum Gasteiger partial charge on any atom is -0.493 e. The second-order valence-electron chi connectivity index (χ2n) is 5.00. The first-order valence-corrected chi connectivity index (χ1v) is 7.77. The van der Waals surface area contributed by atoms with E-state index in [1.54, 1.807) is 7.11 Å². The lowest BCUT2D eigenvalue weighted by Crippen LogP contribution is -2.16. The third kappa shape index (κ3) is 6.55. The predicted octanol–water partition coefficient (Wildman–Crippen LogP) is 3.65. The molecule has 0 spiro atoms. The summed E-state index contributed by atoms with van der Waals surface area (Å²) in [5.74, 6) is 1.27. The SMILES string of the molecule is CCOCCCNCc1cc(Cl)c(OC(C)C)c(OC)c1. The highest BCUT2D eigenvalue weighted by atomic mass is 35.5. The molecule has 0 aliphatic rings. The molecule has 0 amide bonds. The van der Waals surface area contributed by atoms with E-state index in [0.29, 0.717) is 16.5 Å². The van der Waals surface area contributed by atoms with Crippen molar-refractivity contribution in [3.8, 4) is 11.5 Å². The lowest BCUT2D eigenvalue weighted by atomic mass is 10.2. The molecule has 0 unspecified atom stereocenters. The van der Waals surface area contributed by atoms with E-state index >= 15 is 0 Å². The number of nitrogens with one attached hydrogen (secondary N) is 1. The molecule has 0 saturated heterocycles. The lowest BCUT2D eigenvalue weighted by Gasteiger charge is -2.16. The normalized spacial score (nSPS) is 11.0. The van der Waals surface area contributed by atoms with E-state index in [1.807, 2.05) is 32.9 Å². The van der Waals surface area contributed by atoms with Crippen LogP contribution in [-0.2, 0) is 11.3 Å². The number of halogens is 1. The van der Waals surface area contributed by atoms with Crippen LogP contribution in [0, 0.1) is 0 Å². The van der Waals surface area contributed by atoms with Gasteiger partial charge in [-0.1, -0.05) is 11.6 Å². The molecule has 0 atom stereocenters. The fourth-order valence-electron chi connectivity index (χ4n) is 1.90. The maximum absolute atomic E-state index is 6.29. The zero-order valence-corrected chi connectivity index (χ0v) is 14.1. The van der Waals surface area contributed by atoms with E-state index in [0.717, 1.165) is 38.3 Å². The first-order chi connectivity index (χ1) is 10.1. The van der Waals surface area contributed by atoms with Crippen molar-refractivity contribution in [2.24, 2.45) is 0 Å². The molecule has 0 fully saturated rings. The highest BCUT2D eigenvalue weighted by Gasteiger charge is 2.13. The second kappa shape index (κ2) is 9.87. The summed E-state index contributed by atoms with van der Waals surface area (Å²) in [6, 6.07) is 3.87. The molecule has 5 heteroatoms. The number of benzene rings is 1. The third-order valence-electron chi connectivity index (χ3n) is 2.82. The molecule has 1 aromatic carbocycles. The van der Waals surface area contributed by atoms with Crippen molar-refractivity contribution in [1.82, 2.24) is 5.32 Å². The first kappa shape index (κ1) is 18.1. The van der Waals surface area contributed by atoms with Crippen molar-refractivity contribution in [3.63, 3.8) is 0 Å². The summed E-state index contributed by atoms with van der Waals surface area (Å²) in [6.45, 7) is 9.13. The molecule has 4 nitrogen and oxygen atoms in total. The largest absolute Gasteiger partial charge is 0.493 e. The highest BCUT2D eigenvalue weighted by Crippen LogP contribution is 2.37. The summed E-state index contributed by atoms with van der Waals surface area (Å²) in [5.41, 5.74) is 1.07. The molecule has 1 aromatic rings. The number of hydrogen-bond acceptors (Lipinski definition) is 4. The van der Waals surface area contributed by atoms with E-state index in [-0.39, 0.29) is 6.10 Å². The quantitative estimate of drug-likeness (QED) is 0.669. The van der Waals surface area contributed by atoms with Crippen molar-refractivity contribution in [2.75, 3.05) is 26.9 Å². The van der Waals surface area contributed by atoms with Gasteiger partial charge in [-0.2, -0.15) is 0 Å². The van der Waals surface area contributed by atoms with Crippen LogP contribution >= 0.6 is 11.6 Å². The van der Waals surface area contributed by atoms with E-state index in [9.17, 15) is 0 Å². The Balaban J connectivity index is 2.58. The fraction of sp³-hybridized carbons (Fsp3) is 0.625. The molecule has 1 N–H and O–H groups in total. The zero-order valence-electron chi connectivity index (χ0n) is 13.4. The smallest absolute Gasteiger partial charge is 0.180 e. The van der Waals surface area contributed by atoms with Crippen LogP contribution in [0.2, 0.25) is 5.02 Å². The van der Waals surface area contributed by atoms with Crippen LogP contribution in [-0.4, -0.2) is 33.0 Å². The van der Waals surface area contributed by atoms with Crippen molar-refractivity contribution < 1.29 is 14.2 Å². The van der Waals surface area contributed by atoms with E-state index in [2.05, 4.69) is 5.32 Å². The minimum absolute atomic E-state index is 0.0546. The van der Waals surface area contributed by atoms with Gasteiger partial charge in [-0.25, -0.2) is 0 Å². The van der Waals surface area contributed by atoms with Crippen LogP contribution in [0.25, 0.3) is 0 Å². The Morgan fingerprint density at radius 2 is 2.05 bits per heavy atom. The average Bonchev–Trinajstić information content (AvgIpc) is 2.44.